The molecule has 0 fully saturated rings. The summed E-state index contributed by atoms with van der Waals surface area (Å²) in [5.74, 6) is 2.50. The van der Waals surface area contributed by atoms with Crippen molar-refractivity contribution in [3.8, 4) is 34.0 Å². The van der Waals surface area contributed by atoms with Crippen LogP contribution in [0.1, 0.15) is 16.9 Å². The minimum absolute atomic E-state index is 0.257. The first-order valence-corrected chi connectivity index (χ1v) is 16.0. The highest BCUT2D eigenvalue weighted by atomic mass is 16.7. The molecule has 0 radical (unpaired) electrons. The van der Waals surface area contributed by atoms with Crippen LogP contribution < -0.4 is 20.1 Å². The van der Waals surface area contributed by atoms with Gasteiger partial charge in [-0.2, -0.15) is 5.10 Å². The molecule has 1 aliphatic heterocycles. The second-order valence-electron chi connectivity index (χ2n) is 11.4. The van der Waals surface area contributed by atoms with Gasteiger partial charge in [0.25, 0.3) is 0 Å². The molecule has 0 bridgehead atoms. The van der Waals surface area contributed by atoms with Gasteiger partial charge in [-0.3, -0.25) is 5.10 Å². The number of benzene rings is 4. The lowest BCUT2D eigenvalue weighted by Crippen LogP contribution is -2.20. The van der Waals surface area contributed by atoms with Gasteiger partial charge in [-0.25, -0.2) is 0 Å². The number of nitrogens with one attached hydrogen (secondary N) is 3. The summed E-state index contributed by atoms with van der Waals surface area (Å²) in [5.41, 5.74) is 8.19. The Morgan fingerprint density at radius 3 is 2.49 bits per heavy atom. The number of ether oxygens (including phenoxy) is 4. The largest absolute Gasteiger partial charge is 0.461 e. The smallest absolute Gasteiger partial charge is 0.231 e. The highest BCUT2D eigenvalue weighted by molar-refractivity contribution is 5.78. The summed E-state index contributed by atoms with van der Waals surface area (Å²) in [6, 6.07) is 35.0. The van der Waals surface area contributed by atoms with Gasteiger partial charge in [-0.1, -0.05) is 54.6 Å². The van der Waals surface area contributed by atoms with E-state index in [4.69, 9.17) is 23.4 Å². The standard InChI is InChI=1S/C38H38N4O5/c1-2-5-27(6-3-1)19-33-22-31-10-9-28(20-37(31)47-33)25-39-13-15-43-17-18-44-16-14-40-32-8-4-7-29(21-32)34-24-35(42-41-34)30-11-12-36-38(23-30)46-26-45-36/h1-12,20-24,39-40H,13-19,25-26H2,(H,41,42). The van der Waals surface area contributed by atoms with E-state index >= 15 is 0 Å². The summed E-state index contributed by atoms with van der Waals surface area (Å²) in [5, 5.41) is 15.7. The first-order valence-electron chi connectivity index (χ1n) is 16.0. The van der Waals surface area contributed by atoms with Gasteiger partial charge >= 0.3 is 0 Å². The van der Waals surface area contributed by atoms with E-state index in [0.717, 1.165) is 75.9 Å². The molecule has 0 spiro atoms. The second-order valence-corrected chi connectivity index (χ2v) is 11.4. The lowest BCUT2D eigenvalue weighted by molar-refractivity contribution is 0.0527. The minimum atomic E-state index is 0.257. The highest BCUT2D eigenvalue weighted by Gasteiger charge is 2.15. The van der Waals surface area contributed by atoms with Crippen LogP contribution in [0.3, 0.4) is 0 Å². The summed E-state index contributed by atoms with van der Waals surface area (Å²) < 4.78 is 28.5. The third-order valence-electron chi connectivity index (χ3n) is 7.98. The summed E-state index contributed by atoms with van der Waals surface area (Å²) in [7, 11) is 0. The summed E-state index contributed by atoms with van der Waals surface area (Å²) in [4.78, 5) is 0. The maximum absolute atomic E-state index is 6.11. The first kappa shape index (κ1) is 30.6. The van der Waals surface area contributed by atoms with Gasteiger partial charge in [-0.05, 0) is 59.7 Å². The Morgan fingerprint density at radius 2 is 1.57 bits per heavy atom. The van der Waals surface area contributed by atoms with E-state index in [1.807, 2.05) is 48.5 Å². The van der Waals surface area contributed by atoms with Crippen LogP contribution in [-0.4, -0.2) is 56.5 Å². The number of furan rings is 1. The van der Waals surface area contributed by atoms with E-state index in [0.29, 0.717) is 33.0 Å². The summed E-state index contributed by atoms with van der Waals surface area (Å²) >= 11 is 0. The summed E-state index contributed by atoms with van der Waals surface area (Å²) in [6.45, 7) is 4.81. The lowest BCUT2D eigenvalue weighted by atomic mass is 10.1. The molecule has 0 saturated heterocycles. The normalized spacial score (nSPS) is 12.2. The van der Waals surface area contributed by atoms with Gasteiger partial charge in [0.1, 0.15) is 11.3 Å². The highest BCUT2D eigenvalue weighted by Crippen LogP contribution is 2.36. The van der Waals surface area contributed by atoms with Crippen molar-refractivity contribution in [3.63, 3.8) is 0 Å². The zero-order valence-corrected chi connectivity index (χ0v) is 26.2. The van der Waals surface area contributed by atoms with Crippen LogP contribution in [0, 0.1) is 0 Å². The molecule has 47 heavy (non-hydrogen) atoms. The number of rotatable bonds is 16. The molecule has 6 aromatic rings. The topological polar surface area (TPSA) is 103 Å². The van der Waals surface area contributed by atoms with E-state index in [9.17, 15) is 0 Å². The Hall–Kier alpha value is -5.09. The average molecular weight is 631 g/mol. The molecule has 0 atom stereocenters. The van der Waals surface area contributed by atoms with Crippen LogP contribution in [0.4, 0.5) is 5.69 Å². The molecule has 0 unspecified atom stereocenters. The molecule has 0 saturated carbocycles. The molecule has 4 aromatic carbocycles. The number of aromatic amines is 1. The van der Waals surface area contributed by atoms with E-state index in [2.05, 4.69) is 75.4 Å². The Labute approximate surface area is 273 Å². The van der Waals surface area contributed by atoms with Crippen LogP contribution in [0.5, 0.6) is 11.5 Å². The van der Waals surface area contributed by atoms with Gasteiger partial charge in [0, 0.05) is 48.3 Å². The van der Waals surface area contributed by atoms with Crippen LogP contribution >= 0.6 is 0 Å². The van der Waals surface area contributed by atoms with Gasteiger partial charge in [0.15, 0.2) is 11.5 Å². The van der Waals surface area contributed by atoms with Crippen molar-refractivity contribution in [2.24, 2.45) is 0 Å². The van der Waals surface area contributed by atoms with Crippen LogP contribution in [0.25, 0.3) is 33.5 Å². The lowest BCUT2D eigenvalue weighted by Gasteiger charge is -2.09. The Kier molecular flexibility index (Phi) is 9.75. The molecule has 0 amide bonds. The van der Waals surface area contributed by atoms with E-state index in [1.165, 1.54) is 11.1 Å². The number of hydrogen-bond acceptors (Lipinski definition) is 8. The minimum Gasteiger partial charge on any atom is -0.461 e. The number of aromatic nitrogens is 2. The molecule has 0 aliphatic carbocycles. The molecule has 2 aromatic heterocycles. The van der Waals surface area contributed by atoms with E-state index in [1.54, 1.807) is 0 Å². The molecule has 240 valence electrons. The number of nitrogens with zero attached hydrogens (tertiary/aromatic N) is 1. The first-order chi connectivity index (χ1) is 23.3. The fraction of sp³-hybridized carbons (Fsp3) is 0.237. The van der Waals surface area contributed by atoms with Gasteiger partial charge < -0.3 is 34.0 Å². The third kappa shape index (κ3) is 8.01. The number of H-pyrrole nitrogens is 1. The van der Waals surface area contributed by atoms with Crippen LogP contribution in [0.2, 0.25) is 0 Å². The van der Waals surface area contributed by atoms with Crippen molar-refractivity contribution >= 4 is 16.7 Å². The zero-order valence-electron chi connectivity index (χ0n) is 26.2. The predicted molar refractivity (Wildman–Crippen MR) is 183 cm³/mol. The third-order valence-corrected chi connectivity index (χ3v) is 7.98. The number of anilines is 1. The van der Waals surface area contributed by atoms with Crippen molar-refractivity contribution in [1.29, 1.82) is 0 Å². The fourth-order valence-electron chi connectivity index (χ4n) is 5.56. The zero-order chi connectivity index (χ0) is 31.7. The van der Waals surface area contributed by atoms with Crippen LogP contribution in [0.15, 0.2) is 108 Å². The maximum atomic E-state index is 6.11. The molecule has 3 N–H and O–H groups in total. The molecular formula is C38H38N4O5. The molecule has 7 rings (SSSR count). The monoisotopic (exact) mass is 630 g/mol. The maximum Gasteiger partial charge on any atom is 0.231 e. The fourth-order valence-corrected chi connectivity index (χ4v) is 5.56. The quantitative estimate of drug-likeness (QED) is 0.0979. The Bertz CT molecular complexity index is 1900. The number of hydrogen-bond donors (Lipinski definition) is 3. The van der Waals surface area contributed by atoms with Gasteiger partial charge in [0.2, 0.25) is 6.79 Å². The van der Waals surface area contributed by atoms with E-state index < -0.39 is 0 Å². The van der Waals surface area contributed by atoms with Crippen molar-refractivity contribution in [1.82, 2.24) is 15.5 Å². The molecule has 9 nitrogen and oxygen atoms in total. The van der Waals surface area contributed by atoms with Crippen molar-refractivity contribution in [3.05, 3.63) is 120 Å². The molecule has 9 heteroatoms. The van der Waals surface area contributed by atoms with Crippen LogP contribution in [-0.2, 0) is 22.4 Å². The molecular weight excluding hydrogens is 592 g/mol. The van der Waals surface area contributed by atoms with E-state index in [-0.39, 0.29) is 6.79 Å². The van der Waals surface area contributed by atoms with Gasteiger partial charge in [-0.15, -0.1) is 0 Å². The predicted octanol–water partition coefficient (Wildman–Crippen LogP) is 7.04. The van der Waals surface area contributed by atoms with Crippen molar-refractivity contribution in [2.75, 3.05) is 51.6 Å². The molecule has 1 aliphatic rings. The second kappa shape index (κ2) is 15.0. The van der Waals surface area contributed by atoms with Gasteiger partial charge in [0.05, 0.1) is 37.8 Å². The Morgan fingerprint density at radius 1 is 0.702 bits per heavy atom. The van der Waals surface area contributed by atoms with Crippen molar-refractivity contribution < 1.29 is 23.4 Å². The SMILES string of the molecule is c1ccc(Cc2cc3ccc(CNCCOCCOCCNc4cccc(-c5cc(-c6ccc7c(c6)OCO7)[nH]n5)c4)cc3o2)cc1. The number of fused-ring (bicyclic) bond motifs is 2. The van der Waals surface area contributed by atoms with Crippen molar-refractivity contribution in [2.45, 2.75) is 13.0 Å². The Balaban J connectivity index is 0.760. The average Bonchev–Trinajstić information content (AvgIpc) is 3.87. The molecule has 3 heterocycles. The summed E-state index contributed by atoms with van der Waals surface area (Å²) in [6.07, 6.45) is 0.799.